The summed E-state index contributed by atoms with van der Waals surface area (Å²) in [6.45, 7) is 0.703. The molecule has 1 aliphatic rings. The van der Waals surface area contributed by atoms with Gasteiger partial charge in [-0.25, -0.2) is 12.8 Å². The number of pyridine rings is 1. The van der Waals surface area contributed by atoms with E-state index in [1.807, 2.05) is 4.57 Å². The van der Waals surface area contributed by atoms with Crippen molar-refractivity contribution in [3.05, 3.63) is 47.9 Å². The largest absolute Gasteiger partial charge is 0.404 e. The minimum atomic E-state index is -4.73. The lowest BCUT2D eigenvalue weighted by molar-refractivity contribution is -0.147. The van der Waals surface area contributed by atoms with Crippen LogP contribution in [0.3, 0.4) is 0 Å². The normalized spacial score (nSPS) is 16.0. The zero-order valence-electron chi connectivity index (χ0n) is 16.8. The van der Waals surface area contributed by atoms with Crippen LogP contribution in [0.1, 0.15) is 37.8 Å². The summed E-state index contributed by atoms with van der Waals surface area (Å²) in [5.41, 5.74) is 1.58. The Morgan fingerprint density at radius 3 is 2.50 bits per heavy atom. The molecule has 0 amide bonds. The molecule has 4 rings (SSSR count). The molecule has 1 unspecified atom stereocenters. The van der Waals surface area contributed by atoms with Crippen molar-refractivity contribution in [2.24, 2.45) is 0 Å². The fourth-order valence-electron chi connectivity index (χ4n) is 3.72. The molecule has 0 spiro atoms. The smallest absolute Gasteiger partial charge is 0.335 e. The van der Waals surface area contributed by atoms with E-state index in [2.05, 4.69) is 11.1 Å². The Kier molecular flexibility index (Phi) is 5.46. The van der Waals surface area contributed by atoms with Crippen LogP contribution in [0.4, 0.5) is 17.6 Å². The van der Waals surface area contributed by atoms with E-state index in [1.165, 1.54) is 18.2 Å². The molecule has 0 aliphatic heterocycles. The van der Waals surface area contributed by atoms with E-state index in [4.69, 9.17) is 0 Å². The van der Waals surface area contributed by atoms with Crippen molar-refractivity contribution in [1.82, 2.24) is 14.3 Å². The molecule has 6 nitrogen and oxygen atoms in total. The van der Waals surface area contributed by atoms with Gasteiger partial charge >= 0.3 is 6.18 Å². The Morgan fingerprint density at radius 2 is 1.97 bits per heavy atom. The Labute approximate surface area is 181 Å². The first-order valence-corrected chi connectivity index (χ1v) is 11.3. The number of hydrogen-bond acceptors (Lipinski definition) is 4. The van der Waals surface area contributed by atoms with Crippen molar-refractivity contribution >= 4 is 20.9 Å². The molecular formula is C21H18F4N4O2S. The number of nitriles is 1. The molecule has 2 heterocycles. The second-order valence-electron chi connectivity index (χ2n) is 7.72. The quantitative estimate of drug-likeness (QED) is 0.554. The fraction of sp³-hybridized carbons (Fsp3) is 0.333. The van der Waals surface area contributed by atoms with Gasteiger partial charge in [0.2, 0.25) is 10.0 Å². The summed E-state index contributed by atoms with van der Waals surface area (Å²) in [5, 5.41) is 10.2. The van der Waals surface area contributed by atoms with Gasteiger partial charge in [-0.15, -0.1) is 0 Å². The molecule has 3 aromatic rings. The summed E-state index contributed by atoms with van der Waals surface area (Å²) in [4.78, 5) is 3.71. The van der Waals surface area contributed by atoms with Gasteiger partial charge in [-0.1, -0.05) is 0 Å². The van der Waals surface area contributed by atoms with Gasteiger partial charge in [0, 0.05) is 17.6 Å². The SMILES string of the molecule is CC(NS(=O)(=O)c1ccc(-c2c(C#N)c3cc(F)ccc3n2C2CCC2)nc1)C(F)(F)F. The molecule has 32 heavy (non-hydrogen) atoms. The van der Waals surface area contributed by atoms with E-state index in [9.17, 15) is 31.2 Å². The van der Waals surface area contributed by atoms with E-state index < -0.39 is 33.0 Å². The topological polar surface area (TPSA) is 87.8 Å². The number of nitrogens with zero attached hydrogens (tertiary/aromatic N) is 3. The van der Waals surface area contributed by atoms with Gasteiger partial charge in [0.15, 0.2) is 0 Å². The molecule has 0 saturated heterocycles. The van der Waals surface area contributed by atoms with Crippen molar-refractivity contribution < 1.29 is 26.0 Å². The average Bonchev–Trinajstić information content (AvgIpc) is 2.99. The molecule has 1 saturated carbocycles. The lowest BCUT2D eigenvalue weighted by Gasteiger charge is -2.30. The molecule has 0 radical (unpaired) electrons. The molecule has 0 bridgehead atoms. The third-order valence-corrected chi connectivity index (χ3v) is 7.15. The van der Waals surface area contributed by atoms with Crippen molar-refractivity contribution in [3.63, 3.8) is 0 Å². The number of hydrogen-bond donors (Lipinski definition) is 1. The highest BCUT2D eigenvalue weighted by molar-refractivity contribution is 7.89. The van der Waals surface area contributed by atoms with Crippen LogP contribution in [0.2, 0.25) is 0 Å². The Bertz CT molecular complexity index is 1320. The summed E-state index contributed by atoms with van der Waals surface area (Å²) in [5.74, 6) is -0.495. The number of aromatic nitrogens is 2. The van der Waals surface area contributed by atoms with E-state index in [1.54, 1.807) is 10.8 Å². The van der Waals surface area contributed by atoms with E-state index >= 15 is 0 Å². The van der Waals surface area contributed by atoms with Crippen LogP contribution in [0, 0.1) is 17.1 Å². The maximum Gasteiger partial charge on any atom is 0.404 e. The van der Waals surface area contributed by atoms with Crippen LogP contribution in [0.25, 0.3) is 22.3 Å². The van der Waals surface area contributed by atoms with Crippen LogP contribution >= 0.6 is 0 Å². The average molecular weight is 466 g/mol. The van der Waals surface area contributed by atoms with E-state index in [0.29, 0.717) is 23.5 Å². The van der Waals surface area contributed by atoms with Crippen molar-refractivity contribution in [1.29, 1.82) is 5.26 Å². The minimum absolute atomic E-state index is 0.0829. The number of sulfonamides is 1. The van der Waals surface area contributed by atoms with Gasteiger partial charge in [0.25, 0.3) is 0 Å². The third kappa shape index (κ3) is 3.84. The summed E-state index contributed by atoms with van der Waals surface area (Å²) < 4.78 is 80.3. The summed E-state index contributed by atoms with van der Waals surface area (Å²) >= 11 is 0. The molecule has 11 heteroatoms. The third-order valence-electron chi connectivity index (χ3n) is 5.63. The molecular weight excluding hydrogens is 448 g/mol. The molecule has 1 aromatic carbocycles. The predicted octanol–water partition coefficient (Wildman–Crippen LogP) is 4.67. The number of nitrogens with one attached hydrogen (secondary N) is 1. The zero-order valence-corrected chi connectivity index (χ0v) is 17.6. The Balaban J connectivity index is 1.80. The number of fused-ring (bicyclic) bond motifs is 1. The van der Waals surface area contributed by atoms with Crippen LogP contribution in [-0.2, 0) is 10.0 Å². The molecule has 1 fully saturated rings. The van der Waals surface area contributed by atoms with Crippen LogP contribution in [0.15, 0.2) is 41.4 Å². The minimum Gasteiger partial charge on any atom is -0.335 e. The zero-order chi connectivity index (χ0) is 23.3. The van der Waals surface area contributed by atoms with Crippen molar-refractivity contribution in [2.45, 2.75) is 49.3 Å². The van der Waals surface area contributed by atoms with Crippen LogP contribution in [-0.4, -0.2) is 30.2 Å². The lowest BCUT2D eigenvalue weighted by atomic mass is 9.92. The van der Waals surface area contributed by atoms with Gasteiger partial charge in [0.05, 0.1) is 22.5 Å². The first kappa shape index (κ1) is 22.2. The highest BCUT2D eigenvalue weighted by Crippen LogP contribution is 2.42. The molecule has 1 aliphatic carbocycles. The maximum atomic E-state index is 13.9. The van der Waals surface area contributed by atoms with E-state index in [0.717, 1.165) is 31.5 Å². The van der Waals surface area contributed by atoms with Gasteiger partial charge in [-0.3, -0.25) is 4.98 Å². The summed E-state index contributed by atoms with van der Waals surface area (Å²) in [7, 11) is -4.46. The van der Waals surface area contributed by atoms with Gasteiger partial charge in [-0.2, -0.15) is 23.2 Å². The molecule has 168 valence electrons. The van der Waals surface area contributed by atoms with Crippen LogP contribution in [0.5, 0.6) is 0 Å². The number of alkyl halides is 3. The second-order valence-corrected chi connectivity index (χ2v) is 9.43. The monoisotopic (exact) mass is 466 g/mol. The summed E-state index contributed by atoms with van der Waals surface area (Å²) in [6, 6.07) is 6.55. The highest BCUT2D eigenvalue weighted by Gasteiger charge is 2.39. The Morgan fingerprint density at radius 1 is 1.25 bits per heavy atom. The van der Waals surface area contributed by atoms with Gasteiger partial charge in [0.1, 0.15) is 22.8 Å². The molecule has 1 atom stereocenters. The molecule has 2 aromatic heterocycles. The standard InChI is InChI=1S/C21H18F4N4O2S/c1-12(21(23,24)25)28-32(30,31)15-6-7-18(27-11-15)20-17(10-26)16-9-13(22)5-8-19(16)29(20)14-3-2-4-14/h5-9,11-12,14,28H,2-4H2,1H3. The highest BCUT2D eigenvalue weighted by atomic mass is 32.2. The first-order valence-electron chi connectivity index (χ1n) is 9.82. The Hall–Kier alpha value is -2.97. The van der Waals surface area contributed by atoms with Gasteiger partial charge < -0.3 is 4.57 Å². The fourth-order valence-corrected chi connectivity index (χ4v) is 4.90. The van der Waals surface area contributed by atoms with Crippen molar-refractivity contribution in [2.75, 3.05) is 0 Å². The van der Waals surface area contributed by atoms with Crippen molar-refractivity contribution in [3.8, 4) is 17.5 Å². The van der Waals surface area contributed by atoms with E-state index in [-0.39, 0.29) is 17.3 Å². The number of halogens is 4. The number of benzene rings is 1. The predicted molar refractivity (Wildman–Crippen MR) is 109 cm³/mol. The lowest BCUT2D eigenvalue weighted by Crippen LogP contribution is -2.42. The molecule has 1 N–H and O–H groups in total. The first-order chi connectivity index (χ1) is 15.0. The van der Waals surface area contributed by atoms with Gasteiger partial charge in [-0.05, 0) is 56.5 Å². The maximum absolute atomic E-state index is 13.9. The van der Waals surface area contributed by atoms with Crippen LogP contribution < -0.4 is 4.72 Å². The number of rotatable bonds is 5. The summed E-state index contributed by atoms with van der Waals surface area (Å²) in [6.07, 6.45) is -1.05. The second kappa shape index (κ2) is 7.86.